The molecule has 0 bridgehead atoms. The minimum atomic E-state index is -0.700. The predicted molar refractivity (Wildman–Crippen MR) is 71.0 cm³/mol. The Morgan fingerprint density at radius 2 is 2.17 bits per heavy atom. The van der Waals surface area contributed by atoms with Crippen LogP contribution in [0, 0.1) is 11.8 Å². The zero-order valence-corrected chi connectivity index (χ0v) is 11.1. The summed E-state index contributed by atoms with van der Waals surface area (Å²) in [6, 6.07) is 5.58. The van der Waals surface area contributed by atoms with E-state index in [1.54, 1.807) is 13.0 Å². The number of carbonyl (C=O) groups is 1. The maximum Gasteiger partial charge on any atom is 0.306 e. The molecule has 1 atom stereocenters. The Hall–Kier alpha value is -1.29. The fraction of sp³-hybridized carbons (Fsp3) is 0.538. The van der Waals surface area contributed by atoms with Crippen molar-refractivity contribution in [2.45, 2.75) is 19.8 Å². The molecule has 1 saturated heterocycles. The highest BCUT2D eigenvalue weighted by Crippen LogP contribution is 2.27. The van der Waals surface area contributed by atoms with Crippen molar-refractivity contribution in [3.05, 3.63) is 23.4 Å². The lowest BCUT2D eigenvalue weighted by Crippen LogP contribution is -2.37. The molecule has 0 saturated carbocycles. The first-order chi connectivity index (χ1) is 8.58. The summed E-state index contributed by atoms with van der Waals surface area (Å²) in [5.41, 5.74) is 0. The molecule has 2 heterocycles. The number of aliphatic carboxylic acids is 1. The van der Waals surface area contributed by atoms with Crippen molar-refractivity contribution in [3.63, 3.8) is 0 Å². The van der Waals surface area contributed by atoms with Crippen LogP contribution >= 0.6 is 11.6 Å². The van der Waals surface area contributed by atoms with Gasteiger partial charge in [-0.25, -0.2) is 4.98 Å². The van der Waals surface area contributed by atoms with Crippen LogP contribution in [0.3, 0.4) is 0 Å². The van der Waals surface area contributed by atoms with Gasteiger partial charge in [0.05, 0.1) is 5.92 Å². The van der Waals surface area contributed by atoms with Crippen molar-refractivity contribution >= 4 is 23.4 Å². The molecule has 98 valence electrons. The lowest BCUT2D eigenvalue weighted by atomic mass is 9.85. The SMILES string of the molecule is CC(C(=O)O)C1CCN(c2cccc(Cl)n2)CC1. The van der Waals surface area contributed by atoms with Crippen molar-refractivity contribution in [3.8, 4) is 0 Å². The van der Waals surface area contributed by atoms with E-state index in [1.807, 2.05) is 12.1 Å². The van der Waals surface area contributed by atoms with Crippen molar-refractivity contribution in [2.24, 2.45) is 11.8 Å². The molecule has 1 aromatic heterocycles. The Morgan fingerprint density at radius 1 is 1.50 bits per heavy atom. The zero-order chi connectivity index (χ0) is 13.1. The van der Waals surface area contributed by atoms with Gasteiger partial charge in [0.25, 0.3) is 0 Å². The maximum absolute atomic E-state index is 11.0. The minimum Gasteiger partial charge on any atom is -0.481 e. The first-order valence-electron chi connectivity index (χ1n) is 6.18. The third kappa shape index (κ3) is 2.93. The summed E-state index contributed by atoms with van der Waals surface area (Å²) in [5, 5.41) is 9.50. The van der Waals surface area contributed by atoms with Crippen molar-refractivity contribution in [1.29, 1.82) is 0 Å². The minimum absolute atomic E-state index is 0.262. The molecule has 1 N–H and O–H groups in total. The van der Waals surface area contributed by atoms with Crippen LogP contribution in [0.25, 0.3) is 0 Å². The molecule has 5 heteroatoms. The zero-order valence-electron chi connectivity index (χ0n) is 10.3. The summed E-state index contributed by atoms with van der Waals surface area (Å²) in [4.78, 5) is 17.4. The van der Waals surface area contributed by atoms with E-state index in [0.717, 1.165) is 31.7 Å². The molecule has 4 nitrogen and oxygen atoms in total. The third-order valence-corrected chi connectivity index (χ3v) is 3.87. The van der Waals surface area contributed by atoms with Gasteiger partial charge in [0.15, 0.2) is 0 Å². The highest BCUT2D eigenvalue weighted by Gasteiger charge is 2.28. The van der Waals surface area contributed by atoms with Gasteiger partial charge < -0.3 is 10.0 Å². The van der Waals surface area contributed by atoms with Gasteiger partial charge in [-0.05, 0) is 30.9 Å². The first kappa shape index (κ1) is 13.1. The lowest BCUT2D eigenvalue weighted by Gasteiger charge is -2.34. The van der Waals surface area contributed by atoms with E-state index in [0.29, 0.717) is 5.15 Å². The summed E-state index contributed by atoms with van der Waals surface area (Å²) < 4.78 is 0. The number of nitrogens with zero attached hydrogens (tertiary/aromatic N) is 2. The Kier molecular flexibility index (Phi) is 4.07. The largest absolute Gasteiger partial charge is 0.481 e. The number of hydrogen-bond acceptors (Lipinski definition) is 3. The number of carboxylic acids is 1. The second-order valence-electron chi connectivity index (χ2n) is 4.77. The summed E-state index contributed by atoms with van der Waals surface area (Å²) in [6.07, 6.45) is 1.78. The number of carboxylic acid groups (broad SMARTS) is 1. The number of rotatable bonds is 3. The van der Waals surface area contributed by atoms with E-state index in [-0.39, 0.29) is 11.8 Å². The van der Waals surface area contributed by atoms with Crippen LogP contribution < -0.4 is 4.90 Å². The normalized spacial score (nSPS) is 18.7. The molecule has 1 aliphatic heterocycles. The summed E-state index contributed by atoms with van der Waals surface area (Å²) in [5.74, 6) is 0.177. The van der Waals surface area contributed by atoms with Gasteiger partial charge in [0, 0.05) is 13.1 Å². The van der Waals surface area contributed by atoms with Crippen LogP contribution in [-0.2, 0) is 4.79 Å². The van der Waals surface area contributed by atoms with Crippen molar-refractivity contribution < 1.29 is 9.90 Å². The molecule has 1 unspecified atom stereocenters. The van der Waals surface area contributed by atoms with Gasteiger partial charge in [-0.15, -0.1) is 0 Å². The third-order valence-electron chi connectivity index (χ3n) is 3.66. The van der Waals surface area contributed by atoms with E-state index in [4.69, 9.17) is 16.7 Å². The van der Waals surface area contributed by atoms with Crippen LogP contribution in [0.5, 0.6) is 0 Å². The molecular weight excluding hydrogens is 252 g/mol. The van der Waals surface area contributed by atoms with Crippen LogP contribution in [-0.4, -0.2) is 29.1 Å². The summed E-state index contributed by atoms with van der Waals surface area (Å²) in [6.45, 7) is 3.48. The molecule has 0 aliphatic carbocycles. The van der Waals surface area contributed by atoms with Crippen LogP contribution in [0.1, 0.15) is 19.8 Å². The van der Waals surface area contributed by atoms with Crippen LogP contribution in [0.2, 0.25) is 5.15 Å². The molecule has 0 aromatic carbocycles. The van der Waals surface area contributed by atoms with Gasteiger partial charge >= 0.3 is 5.97 Å². The molecule has 0 amide bonds. The molecule has 1 aliphatic rings. The van der Waals surface area contributed by atoms with E-state index in [1.165, 1.54) is 0 Å². The highest BCUT2D eigenvalue weighted by molar-refractivity contribution is 6.29. The second kappa shape index (κ2) is 5.57. The molecule has 0 spiro atoms. The van der Waals surface area contributed by atoms with Gasteiger partial charge in [-0.3, -0.25) is 4.79 Å². The molecule has 1 fully saturated rings. The van der Waals surface area contributed by atoms with Crippen molar-refractivity contribution in [2.75, 3.05) is 18.0 Å². The van der Waals surface area contributed by atoms with Gasteiger partial charge in [0.2, 0.25) is 0 Å². The van der Waals surface area contributed by atoms with Crippen LogP contribution in [0.4, 0.5) is 5.82 Å². The average Bonchev–Trinajstić information content (AvgIpc) is 2.38. The van der Waals surface area contributed by atoms with E-state index >= 15 is 0 Å². The topological polar surface area (TPSA) is 53.4 Å². The van der Waals surface area contributed by atoms with Gasteiger partial charge in [0.1, 0.15) is 11.0 Å². The highest BCUT2D eigenvalue weighted by atomic mass is 35.5. The monoisotopic (exact) mass is 268 g/mol. The standard InChI is InChI=1S/C13H17ClN2O2/c1-9(13(17)18)10-5-7-16(8-6-10)12-4-2-3-11(14)15-12/h2-4,9-10H,5-8H2,1H3,(H,17,18). The Balaban J connectivity index is 1.96. The molecule has 1 aromatic rings. The fourth-order valence-electron chi connectivity index (χ4n) is 2.40. The Bertz CT molecular complexity index is 431. The summed E-state index contributed by atoms with van der Waals surface area (Å²) in [7, 11) is 0. The van der Waals surface area contributed by atoms with E-state index in [2.05, 4.69) is 9.88 Å². The number of pyridine rings is 1. The molecule has 18 heavy (non-hydrogen) atoms. The quantitative estimate of drug-likeness (QED) is 0.857. The molecule has 2 rings (SSSR count). The molecule has 0 radical (unpaired) electrons. The molecular formula is C13H17ClN2O2. The number of piperidine rings is 1. The van der Waals surface area contributed by atoms with Gasteiger partial charge in [-0.1, -0.05) is 24.6 Å². The maximum atomic E-state index is 11.0. The predicted octanol–water partition coefficient (Wildman–Crippen LogP) is 2.67. The van der Waals surface area contributed by atoms with Gasteiger partial charge in [-0.2, -0.15) is 0 Å². The fourth-order valence-corrected chi connectivity index (χ4v) is 2.56. The average molecular weight is 269 g/mol. The lowest BCUT2D eigenvalue weighted by molar-refractivity contribution is -0.143. The van der Waals surface area contributed by atoms with Crippen molar-refractivity contribution in [1.82, 2.24) is 4.98 Å². The number of anilines is 1. The van der Waals surface area contributed by atoms with Crippen LogP contribution in [0.15, 0.2) is 18.2 Å². The Labute approximate surface area is 112 Å². The number of aromatic nitrogens is 1. The van der Waals surface area contributed by atoms with E-state index < -0.39 is 5.97 Å². The second-order valence-corrected chi connectivity index (χ2v) is 5.16. The first-order valence-corrected chi connectivity index (χ1v) is 6.56. The Morgan fingerprint density at radius 3 is 2.72 bits per heavy atom. The smallest absolute Gasteiger partial charge is 0.306 e. The number of hydrogen-bond donors (Lipinski definition) is 1. The summed E-state index contributed by atoms with van der Waals surface area (Å²) >= 11 is 5.87. The van der Waals surface area contributed by atoms with E-state index in [9.17, 15) is 4.79 Å². The number of halogens is 1.